The first-order valence-electron chi connectivity index (χ1n) is 10.6. The highest BCUT2D eigenvalue weighted by Crippen LogP contribution is 2.36. The zero-order valence-electron chi connectivity index (χ0n) is 19.7. The molecule has 0 aliphatic heterocycles. The first-order valence-corrected chi connectivity index (χ1v) is 11.9. The minimum Gasteiger partial charge on any atom is -0.443 e. The average molecular weight is 515 g/mol. The number of aromatic nitrogens is 1. The number of nitrogens with zero attached hydrogens (tertiary/aromatic N) is 3. The predicted octanol–water partition coefficient (Wildman–Crippen LogP) is 7.49. The normalized spacial score (nSPS) is 11.4. The molecule has 3 aromatic rings. The van der Waals surface area contributed by atoms with Gasteiger partial charge in [0, 0.05) is 16.0 Å². The van der Waals surface area contributed by atoms with Crippen LogP contribution in [0.25, 0.3) is 11.3 Å². The van der Waals surface area contributed by atoms with E-state index in [1.165, 1.54) is 12.1 Å². The van der Waals surface area contributed by atoms with Gasteiger partial charge in [0.2, 0.25) is 0 Å². The second-order valence-electron chi connectivity index (χ2n) is 8.04. The lowest BCUT2D eigenvalue weighted by Gasteiger charge is -2.25. The summed E-state index contributed by atoms with van der Waals surface area (Å²) in [5.74, 6) is 0. The van der Waals surface area contributed by atoms with Gasteiger partial charge in [-0.2, -0.15) is 13.2 Å². The second-order valence-corrected chi connectivity index (χ2v) is 9.31. The number of amides is 1. The fourth-order valence-electron chi connectivity index (χ4n) is 2.73. The molecule has 1 amide bonds. The molecular formula is C24H28ClF3N3O2S+. The van der Waals surface area contributed by atoms with Crippen LogP contribution >= 0.6 is 22.9 Å². The molecule has 0 saturated heterocycles. The van der Waals surface area contributed by atoms with E-state index >= 15 is 0 Å². The first-order chi connectivity index (χ1) is 15.9. The molecule has 0 saturated carbocycles. The van der Waals surface area contributed by atoms with Crippen LogP contribution in [0, 0.1) is 0 Å². The number of thiazole rings is 1. The fraction of sp³-hybridized carbons (Fsp3) is 0.333. The van der Waals surface area contributed by atoms with Crippen LogP contribution in [-0.2, 0) is 10.9 Å². The third-order valence-corrected chi connectivity index (χ3v) is 5.47. The van der Waals surface area contributed by atoms with E-state index in [9.17, 15) is 18.0 Å². The van der Waals surface area contributed by atoms with E-state index in [1.54, 1.807) is 29.6 Å². The summed E-state index contributed by atoms with van der Waals surface area (Å²) in [6.45, 7) is 4.64. The lowest BCUT2D eigenvalue weighted by atomic mass is 10.2. The maximum absolute atomic E-state index is 13.3. The number of halogens is 4. The molecule has 184 valence electrons. The van der Waals surface area contributed by atoms with Crippen LogP contribution in [-0.4, -0.2) is 49.9 Å². The molecule has 0 spiro atoms. The Morgan fingerprint density at radius 3 is 2.41 bits per heavy atom. The topological polar surface area (TPSA) is 42.4 Å². The van der Waals surface area contributed by atoms with Gasteiger partial charge >= 0.3 is 12.3 Å². The molecule has 0 N–H and O–H groups in total. The highest BCUT2D eigenvalue weighted by molar-refractivity contribution is 7.14. The van der Waals surface area contributed by atoms with Crippen LogP contribution in [0.5, 0.6) is 0 Å². The number of rotatable bonds is 6. The van der Waals surface area contributed by atoms with E-state index in [0.717, 1.165) is 33.9 Å². The molecule has 34 heavy (non-hydrogen) atoms. The largest absolute Gasteiger partial charge is 0.443 e. The summed E-state index contributed by atoms with van der Waals surface area (Å²) in [6.07, 6.45) is -5.35. The number of likely N-dealkylation sites (N-methyl/N-ethyl adjacent to an activating group) is 1. The van der Waals surface area contributed by atoms with E-state index in [-0.39, 0.29) is 17.4 Å². The Kier molecular flexibility index (Phi) is 9.49. The molecule has 0 aliphatic carbocycles. The molecule has 0 aliphatic rings. The Morgan fingerprint density at radius 1 is 1.12 bits per heavy atom. The number of alkyl halides is 3. The molecule has 0 unspecified atom stereocenters. The van der Waals surface area contributed by atoms with Crippen molar-refractivity contribution < 1.29 is 27.2 Å². The van der Waals surface area contributed by atoms with Crippen LogP contribution in [0.1, 0.15) is 19.4 Å². The Bertz CT molecular complexity index is 1100. The molecule has 0 radical (unpaired) electrons. The van der Waals surface area contributed by atoms with Crippen molar-refractivity contribution in [2.45, 2.75) is 20.0 Å². The van der Waals surface area contributed by atoms with Gasteiger partial charge in [0.1, 0.15) is 13.2 Å². The van der Waals surface area contributed by atoms with Gasteiger partial charge in [-0.3, -0.25) is 0 Å². The smallest absolute Gasteiger partial charge is 0.421 e. The monoisotopic (exact) mass is 514 g/mol. The van der Waals surface area contributed by atoms with Crippen LogP contribution in [0.2, 0.25) is 5.02 Å². The van der Waals surface area contributed by atoms with Crippen molar-refractivity contribution in [2.24, 2.45) is 0 Å². The highest BCUT2D eigenvalue weighted by Gasteiger charge is 2.32. The number of benzene rings is 2. The van der Waals surface area contributed by atoms with Gasteiger partial charge in [0.05, 0.1) is 38.1 Å². The second kappa shape index (κ2) is 11.7. The number of anilines is 2. The Hall–Kier alpha value is -2.62. The van der Waals surface area contributed by atoms with Gasteiger partial charge in [-0.05, 0) is 30.3 Å². The highest BCUT2D eigenvalue weighted by atomic mass is 35.5. The van der Waals surface area contributed by atoms with Crippen LogP contribution < -0.4 is 4.90 Å². The molecule has 1 heterocycles. The summed E-state index contributed by atoms with van der Waals surface area (Å²) < 4.78 is 45.8. The van der Waals surface area contributed by atoms with Crippen molar-refractivity contribution in [3.8, 4) is 11.3 Å². The van der Waals surface area contributed by atoms with Crippen molar-refractivity contribution >= 4 is 39.8 Å². The van der Waals surface area contributed by atoms with Gasteiger partial charge in [-0.15, -0.1) is 11.3 Å². The standard InChI is InChI=1S/C22H22ClF3N3O2S.C2H6/c1-29(2,3)10-11-31-21(30)28(18-9-5-7-16(13-18)22(24,25)26)20-27-19(14-32-20)15-6-4-8-17(23)12-15;1-2/h4-9,12-14H,10-11H2,1-3H3;1-2H3/q+1;. The first kappa shape index (κ1) is 27.6. The molecule has 2 aromatic carbocycles. The summed E-state index contributed by atoms with van der Waals surface area (Å²) in [4.78, 5) is 18.5. The van der Waals surface area contributed by atoms with Gasteiger partial charge < -0.3 is 9.22 Å². The molecule has 0 atom stereocenters. The third kappa shape index (κ3) is 7.72. The molecule has 10 heteroatoms. The fourth-order valence-corrected chi connectivity index (χ4v) is 3.77. The maximum Gasteiger partial charge on any atom is 0.421 e. The molecule has 3 rings (SSSR count). The Balaban J connectivity index is 0.00000199. The molecule has 0 fully saturated rings. The average Bonchev–Trinajstić information content (AvgIpc) is 3.24. The SMILES string of the molecule is CC.C[N+](C)(C)CCOC(=O)N(c1cccc(C(F)(F)F)c1)c1nc(-c2cccc(Cl)c2)cs1. The number of carbonyl (C=O) groups is 1. The summed E-state index contributed by atoms with van der Waals surface area (Å²) in [5, 5.41) is 2.42. The lowest BCUT2D eigenvalue weighted by molar-refractivity contribution is -0.870. The quantitative estimate of drug-likeness (QED) is 0.320. The number of hydrogen-bond donors (Lipinski definition) is 0. The predicted molar refractivity (Wildman–Crippen MR) is 132 cm³/mol. The van der Waals surface area contributed by atoms with E-state index in [0.29, 0.717) is 21.7 Å². The minimum absolute atomic E-state index is 0.0158. The van der Waals surface area contributed by atoms with Crippen LogP contribution in [0.3, 0.4) is 0 Å². The number of ether oxygens (including phenoxy) is 1. The van der Waals surface area contributed by atoms with Crippen molar-refractivity contribution in [1.29, 1.82) is 0 Å². The van der Waals surface area contributed by atoms with E-state index in [4.69, 9.17) is 16.3 Å². The summed E-state index contributed by atoms with van der Waals surface area (Å²) in [5.41, 5.74) is 0.416. The van der Waals surface area contributed by atoms with E-state index < -0.39 is 17.8 Å². The Labute approximate surface area is 207 Å². The maximum atomic E-state index is 13.3. The van der Waals surface area contributed by atoms with Crippen molar-refractivity contribution in [3.63, 3.8) is 0 Å². The number of carbonyl (C=O) groups excluding carboxylic acids is 1. The molecule has 1 aromatic heterocycles. The lowest BCUT2D eigenvalue weighted by Crippen LogP contribution is -2.39. The number of quaternary nitrogens is 1. The summed E-state index contributed by atoms with van der Waals surface area (Å²) in [6, 6.07) is 11.5. The number of hydrogen-bond acceptors (Lipinski definition) is 4. The zero-order chi connectivity index (χ0) is 25.5. The minimum atomic E-state index is -4.55. The summed E-state index contributed by atoms with van der Waals surface area (Å²) >= 11 is 7.17. The molecule has 0 bridgehead atoms. The van der Waals surface area contributed by atoms with E-state index in [1.807, 2.05) is 35.0 Å². The van der Waals surface area contributed by atoms with Crippen LogP contribution in [0.15, 0.2) is 53.9 Å². The summed E-state index contributed by atoms with van der Waals surface area (Å²) in [7, 11) is 5.82. The van der Waals surface area contributed by atoms with Gasteiger partial charge in [-0.25, -0.2) is 14.7 Å². The van der Waals surface area contributed by atoms with Crippen molar-refractivity contribution in [3.05, 3.63) is 64.5 Å². The molecular weight excluding hydrogens is 487 g/mol. The van der Waals surface area contributed by atoms with Crippen molar-refractivity contribution in [1.82, 2.24) is 4.98 Å². The van der Waals surface area contributed by atoms with Crippen molar-refractivity contribution in [2.75, 3.05) is 39.2 Å². The molecule has 5 nitrogen and oxygen atoms in total. The Morgan fingerprint density at radius 2 is 1.79 bits per heavy atom. The van der Waals surface area contributed by atoms with Gasteiger partial charge in [-0.1, -0.05) is 43.6 Å². The van der Waals surface area contributed by atoms with Crippen LogP contribution in [0.4, 0.5) is 28.8 Å². The van der Waals surface area contributed by atoms with Gasteiger partial charge in [0.15, 0.2) is 5.13 Å². The van der Waals surface area contributed by atoms with E-state index in [2.05, 4.69) is 4.98 Å². The van der Waals surface area contributed by atoms with Gasteiger partial charge in [0.25, 0.3) is 0 Å². The third-order valence-electron chi connectivity index (χ3n) is 4.41. The zero-order valence-corrected chi connectivity index (χ0v) is 21.3.